The average Bonchev–Trinajstić information content (AvgIpc) is 2.18. The molecule has 0 aliphatic rings. The summed E-state index contributed by atoms with van der Waals surface area (Å²) in [7, 11) is 0. The zero-order valence-corrected chi connectivity index (χ0v) is 8.40. The minimum absolute atomic E-state index is 0.151. The maximum absolute atomic E-state index is 10.5. The number of rotatable bonds is 3. The number of nitrogens with one attached hydrogen (secondary N) is 1. The quantitative estimate of drug-likeness (QED) is 0.574. The van der Waals surface area contributed by atoms with Crippen molar-refractivity contribution in [1.29, 1.82) is 0 Å². The number of carbonyl (C=O) groups is 1. The molecule has 3 nitrogen and oxygen atoms in total. The molecule has 0 radical (unpaired) electrons. The largest absolute Gasteiger partial charge is 0.274 e. The summed E-state index contributed by atoms with van der Waals surface area (Å²) in [6.07, 6.45) is 1.72. The summed E-state index contributed by atoms with van der Waals surface area (Å²) in [5.74, 6) is 0.0598. The van der Waals surface area contributed by atoms with Crippen molar-refractivity contribution in [3.8, 4) is 0 Å². The number of nitrogens with zero attached hydrogens (tertiary/aromatic N) is 1. The molecule has 0 fully saturated rings. The fraction of sp³-hybridized carbons (Fsp3) is 0.273. The second kappa shape index (κ2) is 5.17. The van der Waals surface area contributed by atoms with E-state index in [-0.39, 0.29) is 11.8 Å². The lowest BCUT2D eigenvalue weighted by Crippen LogP contribution is -2.13. The van der Waals surface area contributed by atoms with E-state index in [1.54, 1.807) is 6.21 Å². The van der Waals surface area contributed by atoms with E-state index in [4.69, 9.17) is 0 Å². The van der Waals surface area contributed by atoms with Gasteiger partial charge in [0.1, 0.15) is 0 Å². The van der Waals surface area contributed by atoms with Gasteiger partial charge in [0, 0.05) is 19.1 Å². The van der Waals surface area contributed by atoms with E-state index in [1.165, 1.54) is 12.5 Å². The van der Waals surface area contributed by atoms with Crippen molar-refractivity contribution >= 4 is 12.1 Å². The molecule has 0 aliphatic carbocycles. The lowest BCUT2D eigenvalue weighted by Gasteiger charge is -2.04. The second-order valence-electron chi connectivity index (χ2n) is 3.15. The lowest BCUT2D eigenvalue weighted by atomic mass is 10.0. The molecule has 0 aliphatic heterocycles. The molecule has 74 valence electrons. The first kappa shape index (κ1) is 10.4. The number of benzene rings is 1. The molecule has 1 N–H and O–H groups in total. The van der Waals surface area contributed by atoms with Gasteiger partial charge >= 0.3 is 0 Å². The minimum atomic E-state index is -0.151. The maximum atomic E-state index is 10.5. The number of hydrazone groups is 1. The Morgan fingerprint density at radius 3 is 2.64 bits per heavy atom. The second-order valence-corrected chi connectivity index (χ2v) is 3.15. The number of carbonyl (C=O) groups excluding carboxylic acids is 1. The van der Waals surface area contributed by atoms with Gasteiger partial charge in [0.05, 0.1) is 0 Å². The van der Waals surface area contributed by atoms with Crippen molar-refractivity contribution in [3.05, 3.63) is 35.9 Å². The molecule has 1 rings (SSSR count). The highest BCUT2D eigenvalue weighted by molar-refractivity contribution is 5.75. The third-order valence-electron chi connectivity index (χ3n) is 1.85. The van der Waals surface area contributed by atoms with Gasteiger partial charge < -0.3 is 0 Å². The average molecular weight is 190 g/mol. The Kier molecular flexibility index (Phi) is 3.85. The van der Waals surface area contributed by atoms with E-state index < -0.39 is 0 Å². The van der Waals surface area contributed by atoms with Crippen LogP contribution >= 0.6 is 0 Å². The summed E-state index contributed by atoms with van der Waals surface area (Å²) in [5, 5.41) is 3.82. The van der Waals surface area contributed by atoms with Crippen LogP contribution in [0.5, 0.6) is 0 Å². The van der Waals surface area contributed by atoms with Gasteiger partial charge in [-0.1, -0.05) is 37.3 Å². The molecule has 1 aromatic carbocycles. The van der Waals surface area contributed by atoms with Crippen molar-refractivity contribution in [2.75, 3.05) is 0 Å². The Labute approximate surface area is 83.8 Å². The van der Waals surface area contributed by atoms with E-state index >= 15 is 0 Å². The van der Waals surface area contributed by atoms with Crippen molar-refractivity contribution < 1.29 is 4.79 Å². The maximum Gasteiger partial charge on any atom is 0.236 e. The summed E-state index contributed by atoms with van der Waals surface area (Å²) in [6, 6.07) is 10.0. The van der Waals surface area contributed by atoms with Crippen LogP contribution in [0, 0.1) is 0 Å². The Morgan fingerprint density at radius 1 is 1.43 bits per heavy atom. The van der Waals surface area contributed by atoms with Gasteiger partial charge in [0.25, 0.3) is 0 Å². The van der Waals surface area contributed by atoms with Crippen LogP contribution in [-0.2, 0) is 4.79 Å². The standard InChI is InChI=1S/C11H14N2O/c1-9(8-12-13-10(2)14)11-6-4-3-5-7-11/h3-9H,1-2H3,(H,13,14)/b12-8+. The van der Waals surface area contributed by atoms with Crippen LogP contribution in [0.4, 0.5) is 0 Å². The molecule has 0 aromatic heterocycles. The SMILES string of the molecule is CC(=O)N/N=C/C(C)c1ccccc1. The predicted octanol–water partition coefficient (Wildman–Crippen LogP) is 1.91. The minimum Gasteiger partial charge on any atom is -0.274 e. The molecule has 0 heterocycles. The van der Waals surface area contributed by atoms with Gasteiger partial charge in [-0.3, -0.25) is 4.79 Å². The van der Waals surface area contributed by atoms with Crippen LogP contribution in [0.1, 0.15) is 25.3 Å². The van der Waals surface area contributed by atoms with Crippen LogP contribution in [0.15, 0.2) is 35.4 Å². The van der Waals surface area contributed by atoms with Gasteiger partial charge in [-0.2, -0.15) is 5.10 Å². The molecule has 0 bridgehead atoms. The number of hydrogen-bond donors (Lipinski definition) is 1. The smallest absolute Gasteiger partial charge is 0.236 e. The predicted molar refractivity (Wildman–Crippen MR) is 57.2 cm³/mol. The van der Waals surface area contributed by atoms with Crippen LogP contribution in [0.2, 0.25) is 0 Å². The van der Waals surface area contributed by atoms with Crippen molar-refractivity contribution in [1.82, 2.24) is 5.43 Å². The van der Waals surface area contributed by atoms with E-state index in [2.05, 4.69) is 10.5 Å². The molecular weight excluding hydrogens is 176 g/mol. The summed E-state index contributed by atoms with van der Waals surface area (Å²) in [6.45, 7) is 3.46. The first-order valence-electron chi connectivity index (χ1n) is 4.55. The van der Waals surface area contributed by atoms with Crippen molar-refractivity contribution in [3.63, 3.8) is 0 Å². The molecule has 1 amide bonds. The number of hydrogen-bond acceptors (Lipinski definition) is 2. The molecule has 1 unspecified atom stereocenters. The van der Waals surface area contributed by atoms with Gasteiger partial charge in [0.15, 0.2) is 0 Å². The fourth-order valence-corrected chi connectivity index (χ4v) is 1.08. The molecule has 3 heteroatoms. The highest BCUT2D eigenvalue weighted by Crippen LogP contribution is 2.11. The first-order valence-corrected chi connectivity index (χ1v) is 4.55. The Morgan fingerprint density at radius 2 is 2.07 bits per heavy atom. The Bertz CT molecular complexity index is 319. The molecule has 1 aromatic rings. The van der Waals surface area contributed by atoms with E-state index in [0.717, 1.165) is 0 Å². The molecule has 0 saturated heterocycles. The van der Waals surface area contributed by atoms with Gasteiger partial charge in [-0.05, 0) is 5.56 Å². The highest BCUT2D eigenvalue weighted by atomic mass is 16.2. The summed E-state index contributed by atoms with van der Waals surface area (Å²) in [4.78, 5) is 10.5. The monoisotopic (exact) mass is 190 g/mol. The lowest BCUT2D eigenvalue weighted by molar-refractivity contribution is -0.118. The molecule has 14 heavy (non-hydrogen) atoms. The Balaban J connectivity index is 2.54. The third kappa shape index (κ3) is 3.39. The van der Waals surface area contributed by atoms with Crippen LogP contribution in [0.25, 0.3) is 0 Å². The van der Waals surface area contributed by atoms with Gasteiger partial charge in [-0.15, -0.1) is 0 Å². The first-order chi connectivity index (χ1) is 6.70. The third-order valence-corrected chi connectivity index (χ3v) is 1.85. The van der Waals surface area contributed by atoms with Crippen LogP contribution in [-0.4, -0.2) is 12.1 Å². The van der Waals surface area contributed by atoms with E-state index in [9.17, 15) is 4.79 Å². The topological polar surface area (TPSA) is 41.5 Å². The normalized spacial score (nSPS) is 12.7. The fourth-order valence-electron chi connectivity index (χ4n) is 1.08. The van der Waals surface area contributed by atoms with Gasteiger partial charge in [-0.25, -0.2) is 5.43 Å². The summed E-state index contributed by atoms with van der Waals surface area (Å²) >= 11 is 0. The van der Waals surface area contributed by atoms with Crippen LogP contribution < -0.4 is 5.43 Å². The molecular formula is C11H14N2O. The van der Waals surface area contributed by atoms with Crippen molar-refractivity contribution in [2.45, 2.75) is 19.8 Å². The van der Waals surface area contributed by atoms with Gasteiger partial charge in [0.2, 0.25) is 5.91 Å². The molecule has 1 atom stereocenters. The van der Waals surface area contributed by atoms with Crippen molar-refractivity contribution in [2.24, 2.45) is 5.10 Å². The molecule has 0 spiro atoms. The van der Waals surface area contributed by atoms with E-state index in [1.807, 2.05) is 37.3 Å². The zero-order valence-electron chi connectivity index (χ0n) is 8.40. The summed E-state index contributed by atoms with van der Waals surface area (Å²) in [5.41, 5.74) is 3.56. The number of amides is 1. The van der Waals surface area contributed by atoms with Crippen LogP contribution in [0.3, 0.4) is 0 Å². The zero-order chi connectivity index (χ0) is 10.4. The van der Waals surface area contributed by atoms with E-state index in [0.29, 0.717) is 0 Å². The molecule has 0 saturated carbocycles. The summed E-state index contributed by atoms with van der Waals surface area (Å²) < 4.78 is 0. The Hall–Kier alpha value is -1.64. The highest BCUT2D eigenvalue weighted by Gasteiger charge is 1.99.